The molecule has 13 N–H and O–H groups in total. The number of ether oxygens (including phenoxy) is 5. The van der Waals surface area contributed by atoms with Gasteiger partial charge in [0.05, 0.1) is 25.9 Å². The fourth-order valence-corrected chi connectivity index (χ4v) is 5.02. The van der Waals surface area contributed by atoms with Crippen molar-refractivity contribution in [1.82, 2.24) is 5.32 Å². The quantitative estimate of drug-likeness (QED) is 0.100. The summed E-state index contributed by atoms with van der Waals surface area (Å²) in [5.74, 6) is -5.39. The lowest BCUT2D eigenvalue weighted by molar-refractivity contribution is -0.361. The Balaban J connectivity index is 1.79. The van der Waals surface area contributed by atoms with Crippen LogP contribution in [-0.4, -0.2) is 191 Å². The van der Waals surface area contributed by atoms with Crippen LogP contribution in [0.3, 0.4) is 0 Å². The third kappa shape index (κ3) is 7.58. The monoisotopic (exact) mass is 633 g/mol. The smallest absolute Gasteiger partial charge is 0.364 e. The molecule has 3 rings (SSSR count). The van der Waals surface area contributed by atoms with Gasteiger partial charge >= 0.3 is 5.97 Å². The SMILES string of the molecule is CC(=O)N[C@H]1C(O)O[C@H](CO)[C@@H](O[C@@H]2O[C@H](CO[C@]3(C(=O)O)C[C@H](O)[C@@H](O)[C@H]([C@H](O)[C@H](O)CO)O3)[C@H](O)[C@H](O)[C@H]2O)[C@@H]1O. The average molecular weight is 634 g/mol. The Morgan fingerprint density at radius 2 is 1.58 bits per heavy atom. The molecule has 250 valence electrons. The number of carbonyl (C=O) groups excluding carboxylic acids is 1. The molecule has 0 spiro atoms. The summed E-state index contributed by atoms with van der Waals surface area (Å²) in [5.41, 5.74) is 0. The van der Waals surface area contributed by atoms with Crippen molar-refractivity contribution in [3.05, 3.63) is 0 Å². The van der Waals surface area contributed by atoms with Crippen LogP contribution in [0.1, 0.15) is 13.3 Å². The van der Waals surface area contributed by atoms with Crippen molar-refractivity contribution in [2.24, 2.45) is 0 Å². The summed E-state index contributed by atoms with van der Waals surface area (Å²) in [6.45, 7) is -1.74. The molecule has 1 unspecified atom stereocenters. The average Bonchev–Trinajstić information content (AvgIpc) is 2.96. The van der Waals surface area contributed by atoms with Crippen LogP contribution in [0, 0.1) is 0 Å². The zero-order valence-corrected chi connectivity index (χ0v) is 22.7. The van der Waals surface area contributed by atoms with E-state index < -0.39 is 136 Å². The second-order valence-corrected chi connectivity index (χ2v) is 10.5. The highest BCUT2D eigenvalue weighted by Gasteiger charge is 2.57. The van der Waals surface area contributed by atoms with Gasteiger partial charge in [0.25, 0.3) is 5.79 Å². The van der Waals surface area contributed by atoms with E-state index in [1.54, 1.807) is 0 Å². The zero-order chi connectivity index (χ0) is 32.4. The van der Waals surface area contributed by atoms with E-state index in [9.17, 15) is 65.8 Å². The molecule has 20 nitrogen and oxygen atoms in total. The fourth-order valence-electron chi connectivity index (χ4n) is 5.02. The van der Waals surface area contributed by atoms with Gasteiger partial charge in [-0.3, -0.25) is 4.79 Å². The van der Waals surface area contributed by atoms with Crippen LogP contribution in [0.5, 0.6) is 0 Å². The summed E-state index contributed by atoms with van der Waals surface area (Å²) in [6.07, 6.45) is -27.0. The molecular formula is C23H39NO19. The van der Waals surface area contributed by atoms with Crippen LogP contribution >= 0.6 is 0 Å². The molecule has 3 heterocycles. The molecule has 0 aliphatic carbocycles. The number of aliphatic carboxylic acids is 1. The van der Waals surface area contributed by atoms with Crippen molar-refractivity contribution in [3.63, 3.8) is 0 Å². The number of hydrogen-bond donors (Lipinski definition) is 13. The van der Waals surface area contributed by atoms with E-state index in [0.29, 0.717) is 0 Å². The van der Waals surface area contributed by atoms with Crippen LogP contribution in [0.15, 0.2) is 0 Å². The van der Waals surface area contributed by atoms with Gasteiger partial charge in [0.1, 0.15) is 73.2 Å². The van der Waals surface area contributed by atoms with Crippen molar-refractivity contribution in [2.75, 3.05) is 19.8 Å². The highest BCUT2D eigenvalue weighted by atomic mass is 16.8. The van der Waals surface area contributed by atoms with E-state index in [4.69, 9.17) is 28.8 Å². The second kappa shape index (κ2) is 14.6. The van der Waals surface area contributed by atoms with Crippen LogP contribution in [0.25, 0.3) is 0 Å². The largest absolute Gasteiger partial charge is 0.477 e. The van der Waals surface area contributed by atoms with Crippen LogP contribution in [-0.2, 0) is 33.3 Å². The highest BCUT2D eigenvalue weighted by Crippen LogP contribution is 2.35. The lowest BCUT2D eigenvalue weighted by Crippen LogP contribution is -2.67. The second-order valence-electron chi connectivity index (χ2n) is 10.5. The molecule has 0 aromatic rings. The molecule has 20 heteroatoms. The maximum atomic E-state index is 12.2. The van der Waals surface area contributed by atoms with E-state index in [-0.39, 0.29) is 0 Å². The van der Waals surface area contributed by atoms with E-state index in [1.165, 1.54) is 0 Å². The van der Waals surface area contributed by atoms with Crippen molar-refractivity contribution in [2.45, 2.75) is 111 Å². The number of rotatable bonds is 11. The first-order valence-corrected chi connectivity index (χ1v) is 13.2. The summed E-state index contributed by atoms with van der Waals surface area (Å²) in [7, 11) is 0. The number of carboxylic acid groups (broad SMARTS) is 1. The number of aliphatic hydroxyl groups is 11. The maximum absolute atomic E-state index is 12.2. The number of hydrogen-bond acceptors (Lipinski definition) is 18. The van der Waals surface area contributed by atoms with E-state index in [2.05, 4.69) is 5.32 Å². The molecule has 3 saturated heterocycles. The van der Waals surface area contributed by atoms with Crippen LogP contribution in [0.4, 0.5) is 0 Å². The fraction of sp³-hybridized carbons (Fsp3) is 0.913. The topological polar surface area (TPSA) is 335 Å². The molecule has 0 radical (unpaired) electrons. The number of nitrogens with one attached hydrogen (secondary N) is 1. The number of aliphatic hydroxyl groups excluding tert-OH is 11. The molecule has 0 aromatic heterocycles. The van der Waals surface area contributed by atoms with Gasteiger partial charge in [-0.05, 0) is 0 Å². The van der Waals surface area contributed by atoms with Crippen LogP contribution < -0.4 is 5.32 Å². The minimum Gasteiger partial charge on any atom is -0.477 e. The predicted octanol–water partition coefficient (Wildman–Crippen LogP) is -8.22. The number of amides is 1. The van der Waals surface area contributed by atoms with Gasteiger partial charge in [0.2, 0.25) is 5.91 Å². The molecule has 1 amide bonds. The van der Waals surface area contributed by atoms with Gasteiger partial charge in [0, 0.05) is 13.3 Å². The Bertz CT molecular complexity index is 944. The third-order valence-corrected chi connectivity index (χ3v) is 7.46. The highest BCUT2D eigenvalue weighted by molar-refractivity contribution is 5.76. The van der Waals surface area contributed by atoms with Gasteiger partial charge < -0.3 is 90.3 Å². The van der Waals surface area contributed by atoms with Crippen molar-refractivity contribution < 1.29 is 94.6 Å². The normalized spacial score (nSPS) is 45.3. The first-order valence-electron chi connectivity index (χ1n) is 13.2. The predicted molar refractivity (Wildman–Crippen MR) is 130 cm³/mol. The van der Waals surface area contributed by atoms with Gasteiger partial charge in [-0.2, -0.15) is 0 Å². The molecule has 43 heavy (non-hydrogen) atoms. The summed E-state index contributed by atoms with van der Waals surface area (Å²) >= 11 is 0. The summed E-state index contributed by atoms with van der Waals surface area (Å²) < 4.78 is 26.8. The van der Waals surface area contributed by atoms with Crippen molar-refractivity contribution in [3.8, 4) is 0 Å². The van der Waals surface area contributed by atoms with E-state index in [1.807, 2.05) is 0 Å². The van der Waals surface area contributed by atoms with Crippen LogP contribution in [0.2, 0.25) is 0 Å². The summed E-state index contributed by atoms with van der Waals surface area (Å²) in [6, 6.07) is -1.46. The molecule has 3 fully saturated rings. The lowest BCUT2D eigenvalue weighted by Gasteiger charge is -2.47. The van der Waals surface area contributed by atoms with Gasteiger partial charge in [-0.25, -0.2) is 4.79 Å². The minimum atomic E-state index is -2.84. The van der Waals surface area contributed by atoms with E-state index in [0.717, 1.165) is 6.92 Å². The summed E-state index contributed by atoms with van der Waals surface area (Å²) in [4.78, 5) is 23.7. The van der Waals surface area contributed by atoms with Gasteiger partial charge in [0.15, 0.2) is 12.6 Å². The Morgan fingerprint density at radius 1 is 0.930 bits per heavy atom. The Kier molecular flexibility index (Phi) is 12.1. The van der Waals surface area contributed by atoms with Crippen molar-refractivity contribution >= 4 is 11.9 Å². The maximum Gasteiger partial charge on any atom is 0.364 e. The third-order valence-electron chi connectivity index (χ3n) is 7.46. The number of carboxylic acids is 1. The molecule has 16 atom stereocenters. The molecule has 3 aliphatic rings. The van der Waals surface area contributed by atoms with Gasteiger partial charge in [-0.15, -0.1) is 0 Å². The molecule has 0 aromatic carbocycles. The zero-order valence-electron chi connectivity index (χ0n) is 22.7. The molecule has 0 saturated carbocycles. The first-order chi connectivity index (χ1) is 20.1. The van der Waals surface area contributed by atoms with Crippen molar-refractivity contribution in [1.29, 1.82) is 0 Å². The minimum absolute atomic E-state index is 0.673. The number of carbonyl (C=O) groups is 2. The standard InChI is InChI=1S/C23H39NO19/c1-6(27)24-11-15(33)18(9(4-26)40-20(11)36)42-21-17(35)16(34)14(32)10(41-21)5-39-23(22(37)38)2-7(28)12(30)19(43-23)13(31)8(29)3-25/h7-21,25-26,28-36H,2-5H2,1H3,(H,24,27)(H,37,38)/t7-,8+,9+,10+,11+,12+,13+,14-,15+,16-,17+,18+,19+,20?,21-,23+/m0/s1. The Hall–Kier alpha value is -1.70. The molecular weight excluding hydrogens is 594 g/mol. The first kappa shape index (κ1) is 35.8. The molecule has 0 bridgehead atoms. The molecule has 3 aliphatic heterocycles. The summed E-state index contributed by atoms with van der Waals surface area (Å²) in [5, 5.41) is 124. The van der Waals surface area contributed by atoms with Gasteiger partial charge in [-0.1, -0.05) is 0 Å². The Morgan fingerprint density at radius 3 is 2.14 bits per heavy atom. The lowest BCUT2D eigenvalue weighted by atomic mass is 9.90. The Labute approximate surface area is 243 Å². The van der Waals surface area contributed by atoms with E-state index >= 15 is 0 Å².